The molecule has 4 rings (SSSR count). The number of imidazole rings is 1. The third-order valence-corrected chi connectivity index (χ3v) is 4.87. The maximum Gasteiger partial charge on any atom is 0.276 e. The van der Waals surface area contributed by atoms with Crippen LogP contribution in [0.15, 0.2) is 23.0 Å². The average Bonchev–Trinajstić information content (AvgIpc) is 3.14. The summed E-state index contributed by atoms with van der Waals surface area (Å²) in [5.74, 6) is 2.42. The minimum absolute atomic E-state index is 0.0106. The fourth-order valence-electron chi connectivity index (χ4n) is 3.43. The number of rotatable bonds is 4. The highest BCUT2D eigenvalue weighted by molar-refractivity contribution is 5.92. The highest BCUT2D eigenvalue weighted by atomic mass is 16.5. The molecule has 2 aromatic rings. The Hall–Kier alpha value is -2.11. The van der Waals surface area contributed by atoms with E-state index in [0.29, 0.717) is 24.2 Å². The molecule has 2 aromatic heterocycles. The summed E-state index contributed by atoms with van der Waals surface area (Å²) < 4.78 is 7.54. The van der Waals surface area contributed by atoms with Gasteiger partial charge < -0.3 is 14.0 Å². The Kier molecular flexibility index (Phi) is 3.67. The third kappa shape index (κ3) is 2.78. The lowest BCUT2D eigenvalue weighted by atomic mass is 10.0. The summed E-state index contributed by atoms with van der Waals surface area (Å²) in [6.07, 6.45) is 9.16. The number of carbonyl (C=O) groups is 1. The summed E-state index contributed by atoms with van der Waals surface area (Å²) in [4.78, 5) is 19.0. The van der Waals surface area contributed by atoms with E-state index in [1.54, 1.807) is 0 Å². The van der Waals surface area contributed by atoms with Gasteiger partial charge in [-0.1, -0.05) is 12.1 Å². The zero-order valence-corrected chi connectivity index (χ0v) is 13.4. The fraction of sp³-hybridized carbons (Fsp3) is 0.588. The second-order valence-corrected chi connectivity index (χ2v) is 6.54. The van der Waals surface area contributed by atoms with Crippen molar-refractivity contribution >= 4 is 5.91 Å². The Labute approximate surface area is 135 Å². The average molecular weight is 314 g/mol. The first-order valence-corrected chi connectivity index (χ1v) is 8.54. The van der Waals surface area contributed by atoms with E-state index in [9.17, 15) is 4.79 Å². The van der Waals surface area contributed by atoms with Gasteiger partial charge >= 0.3 is 0 Å². The summed E-state index contributed by atoms with van der Waals surface area (Å²) in [5, 5.41) is 3.99. The van der Waals surface area contributed by atoms with Crippen LogP contribution in [0.2, 0.25) is 0 Å². The lowest BCUT2D eigenvalue weighted by molar-refractivity contribution is 0.0667. The van der Waals surface area contributed by atoms with Gasteiger partial charge in [-0.2, -0.15) is 0 Å². The van der Waals surface area contributed by atoms with Crippen molar-refractivity contribution in [3.05, 3.63) is 35.7 Å². The minimum atomic E-state index is -0.0106. The van der Waals surface area contributed by atoms with Crippen LogP contribution < -0.4 is 0 Å². The highest BCUT2D eigenvalue weighted by Gasteiger charge is 2.31. The quantitative estimate of drug-likeness (QED) is 0.870. The van der Waals surface area contributed by atoms with Gasteiger partial charge in [-0.05, 0) is 25.7 Å². The summed E-state index contributed by atoms with van der Waals surface area (Å²) in [6, 6.07) is 2.14. The van der Waals surface area contributed by atoms with Crippen LogP contribution in [0.5, 0.6) is 0 Å². The number of piperidine rings is 1. The molecule has 122 valence electrons. The molecule has 2 aliphatic rings. The molecule has 3 heterocycles. The van der Waals surface area contributed by atoms with E-state index in [-0.39, 0.29) is 5.91 Å². The van der Waals surface area contributed by atoms with Crippen LogP contribution in [0, 0.1) is 0 Å². The number of hydrogen-bond acceptors (Lipinski definition) is 4. The van der Waals surface area contributed by atoms with Gasteiger partial charge in [-0.3, -0.25) is 4.79 Å². The first-order valence-electron chi connectivity index (χ1n) is 8.54. The molecule has 6 nitrogen and oxygen atoms in total. The largest absolute Gasteiger partial charge is 0.360 e. The number of hydrogen-bond donors (Lipinski definition) is 0. The van der Waals surface area contributed by atoms with E-state index in [1.165, 1.54) is 0 Å². The Morgan fingerprint density at radius 1 is 1.39 bits per heavy atom. The molecular formula is C17H22N4O2. The first-order chi connectivity index (χ1) is 11.3. The lowest BCUT2D eigenvalue weighted by Gasteiger charge is -2.33. The van der Waals surface area contributed by atoms with E-state index < -0.39 is 0 Å². The van der Waals surface area contributed by atoms with Gasteiger partial charge in [-0.25, -0.2) is 4.98 Å². The van der Waals surface area contributed by atoms with Gasteiger partial charge in [0, 0.05) is 43.9 Å². The monoisotopic (exact) mass is 314 g/mol. The molecule has 6 heteroatoms. The molecule has 0 N–H and O–H groups in total. The van der Waals surface area contributed by atoms with Gasteiger partial charge in [0.1, 0.15) is 11.6 Å². The van der Waals surface area contributed by atoms with Crippen molar-refractivity contribution in [3.8, 4) is 0 Å². The molecule has 0 unspecified atom stereocenters. The van der Waals surface area contributed by atoms with Gasteiger partial charge in [0.25, 0.3) is 5.91 Å². The van der Waals surface area contributed by atoms with Crippen LogP contribution in [0.25, 0.3) is 0 Å². The molecular weight excluding hydrogens is 292 g/mol. The number of nitrogens with zero attached hydrogens (tertiary/aromatic N) is 4. The lowest BCUT2D eigenvalue weighted by Crippen LogP contribution is -2.41. The van der Waals surface area contributed by atoms with Gasteiger partial charge in [0.2, 0.25) is 0 Å². The summed E-state index contributed by atoms with van der Waals surface area (Å²) in [6.45, 7) is 3.62. The Balaban J connectivity index is 1.48. The standard InChI is InChI=1S/C17H22N4O2/c1-2-16-18-7-9-21(16)13-4-3-8-20(11-13)17(22)14-10-15(23-19-14)12-5-6-12/h7,9-10,12-13H,2-6,8,11H2,1H3/t13-/m0/s1. The van der Waals surface area contributed by atoms with Crippen molar-refractivity contribution in [2.75, 3.05) is 13.1 Å². The van der Waals surface area contributed by atoms with Gasteiger partial charge in [-0.15, -0.1) is 0 Å². The zero-order chi connectivity index (χ0) is 15.8. The predicted octanol–water partition coefficient (Wildman–Crippen LogP) is 2.79. The van der Waals surface area contributed by atoms with Crippen molar-refractivity contribution < 1.29 is 9.32 Å². The van der Waals surface area contributed by atoms with Crippen molar-refractivity contribution in [2.24, 2.45) is 0 Å². The van der Waals surface area contributed by atoms with E-state index in [1.807, 2.05) is 23.4 Å². The van der Waals surface area contributed by atoms with Crippen molar-refractivity contribution in [3.63, 3.8) is 0 Å². The van der Waals surface area contributed by atoms with Crippen LogP contribution >= 0.6 is 0 Å². The van der Waals surface area contributed by atoms with E-state index in [0.717, 1.165) is 50.2 Å². The molecule has 1 saturated heterocycles. The molecule has 23 heavy (non-hydrogen) atoms. The summed E-state index contributed by atoms with van der Waals surface area (Å²) in [7, 11) is 0. The Morgan fingerprint density at radius 2 is 2.26 bits per heavy atom. The van der Waals surface area contributed by atoms with Crippen LogP contribution in [0.4, 0.5) is 0 Å². The molecule has 1 aliphatic heterocycles. The summed E-state index contributed by atoms with van der Waals surface area (Å²) >= 11 is 0. The number of amides is 1. The minimum Gasteiger partial charge on any atom is -0.360 e. The molecule has 1 atom stereocenters. The van der Waals surface area contributed by atoms with Crippen molar-refractivity contribution in [2.45, 2.75) is 51.0 Å². The molecule has 1 amide bonds. The normalized spacial score (nSPS) is 21.6. The maximum atomic E-state index is 12.7. The number of carbonyl (C=O) groups excluding carboxylic acids is 1. The van der Waals surface area contributed by atoms with E-state index >= 15 is 0 Å². The number of aromatic nitrogens is 3. The third-order valence-electron chi connectivity index (χ3n) is 4.87. The van der Waals surface area contributed by atoms with E-state index in [4.69, 9.17) is 4.52 Å². The molecule has 1 aliphatic carbocycles. The second kappa shape index (κ2) is 5.83. The summed E-state index contributed by atoms with van der Waals surface area (Å²) in [5.41, 5.74) is 0.453. The highest BCUT2D eigenvalue weighted by Crippen LogP contribution is 2.40. The molecule has 0 aromatic carbocycles. The molecule has 1 saturated carbocycles. The first kappa shape index (κ1) is 14.5. The van der Waals surface area contributed by atoms with Gasteiger partial charge in [0.15, 0.2) is 5.69 Å². The smallest absolute Gasteiger partial charge is 0.276 e. The SMILES string of the molecule is CCc1nccn1[C@H]1CCCN(C(=O)c2cc(C3CC3)on2)C1. The van der Waals surface area contributed by atoms with E-state index in [2.05, 4.69) is 21.6 Å². The van der Waals surface area contributed by atoms with Gasteiger partial charge in [0.05, 0.1) is 6.04 Å². The second-order valence-electron chi connectivity index (χ2n) is 6.54. The van der Waals surface area contributed by atoms with Crippen molar-refractivity contribution in [1.29, 1.82) is 0 Å². The maximum absolute atomic E-state index is 12.7. The molecule has 0 spiro atoms. The molecule has 0 bridgehead atoms. The molecule has 0 radical (unpaired) electrons. The number of likely N-dealkylation sites (tertiary alicyclic amines) is 1. The van der Waals surface area contributed by atoms with Crippen LogP contribution in [0.3, 0.4) is 0 Å². The van der Waals surface area contributed by atoms with Crippen LogP contribution in [0.1, 0.15) is 66.6 Å². The topological polar surface area (TPSA) is 64.2 Å². The Bertz CT molecular complexity index is 701. The zero-order valence-electron chi connectivity index (χ0n) is 13.4. The van der Waals surface area contributed by atoms with Crippen molar-refractivity contribution in [1.82, 2.24) is 19.6 Å². The number of aryl methyl sites for hydroxylation is 1. The molecule has 2 fully saturated rings. The fourth-order valence-corrected chi connectivity index (χ4v) is 3.43. The van der Waals surface area contributed by atoms with Crippen LogP contribution in [-0.4, -0.2) is 38.6 Å². The predicted molar refractivity (Wildman–Crippen MR) is 84.3 cm³/mol. The Morgan fingerprint density at radius 3 is 3.04 bits per heavy atom. The van der Waals surface area contributed by atoms with Crippen LogP contribution in [-0.2, 0) is 6.42 Å².